The predicted molar refractivity (Wildman–Crippen MR) is 80.7 cm³/mol. The Kier molecular flexibility index (Phi) is 2.02. The molecule has 92 valence electrons. The van der Waals surface area contributed by atoms with E-state index in [1.54, 1.807) is 6.26 Å². The molecule has 0 bridgehead atoms. The van der Waals surface area contributed by atoms with Crippen LogP contribution in [0.15, 0.2) is 53.1 Å². The summed E-state index contributed by atoms with van der Waals surface area (Å²) in [7, 11) is 0. The number of furan rings is 1. The van der Waals surface area contributed by atoms with Gasteiger partial charge in [-0.2, -0.15) is 0 Å². The van der Waals surface area contributed by atoms with E-state index in [1.807, 2.05) is 0 Å². The molecule has 1 heterocycles. The normalized spacial score (nSPS) is 11.7. The summed E-state index contributed by atoms with van der Waals surface area (Å²) < 4.78 is 5.53. The molecule has 0 amide bonds. The number of hydrogen-bond acceptors (Lipinski definition) is 1. The maximum Gasteiger partial charge on any atom is 0.134 e. The third-order valence-corrected chi connectivity index (χ3v) is 4.15. The Labute approximate surface area is 111 Å². The van der Waals surface area contributed by atoms with Crippen LogP contribution in [0.5, 0.6) is 0 Å². The standard InChI is InChI=1S/C18H14O/c1-11-13-5-3-4-6-14(13)12(2)18-15(11)7-8-17-16(18)9-10-19-17/h3-10H,1-2H3. The zero-order valence-corrected chi connectivity index (χ0v) is 11.0. The molecule has 0 radical (unpaired) electrons. The first kappa shape index (κ1) is 10.6. The first-order valence-corrected chi connectivity index (χ1v) is 6.55. The third-order valence-electron chi connectivity index (χ3n) is 4.15. The molecule has 19 heavy (non-hydrogen) atoms. The highest BCUT2D eigenvalue weighted by Gasteiger charge is 2.11. The molecule has 0 fully saturated rings. The Balaban J connectivity index is 2.40. The minimum absolute atomic E-state index is 0.963. The van der Waals surface area contributed by atoms with Gasteiger partial charge in [0.05, 0.1) is 6.26 Å². The topological polar surface area (TPSA) is 13.1 Å². The fourth-order valence-electron chi connectivity index (χ4n) is 3.18. The van der Waals surface area contributed by atoms with Gasteiger partial charge in [-0.25, -0.2) is 0 Å². The highest BCUT2D eigenvalue weighted by atomic mass is 16.3. The third kappa shape index (κ3) is 1.30. The SMILES string of the molecule is Cc1c2ccccc2c(C)c2c1ccc1occc12. The van der Waals surface area contributed by atoms with Crippen LogP contribution in [0.25, 0.3) is 32.5 Å². The number of fused-ring (bicyclic) bond motifs is 4. The second-order valence-corrected chi connectivity index (χ2v) is 5.12. The lowest BCUT2D eigenvalue weighted by Crippen LogP contribution is -1.88. The quantitative estimate of drug-likeness (QED) is 0.381. The second kappa shape index (κ2) is 3.61. The largest absolute Gasteiger partial charge is 0.464 e. The van der Waals surface area contributed by atoms with Gasteiger partial charge in [0.15, 0.2) is 0 Å². The molecule has 0 atom stereocenters. The summed E-state index contributed by atoms with van der Waals surface area (Å²) >= 11 is 0. The Hall–Kier alpha value is -2.28. The maximum atomic E-state index is 5.53. The number of rotatable bonds is 0. The van der Waals surface area contributed by atoms with Crippen LogP contribution in [-0.2, 0) is 0 Å². The van der Waals surface area contributed by atoms with Crippen LogP contribution in [-0.4, -0.2) is 0 Å². The minimum atomic E-state index is 0.963. The molecule has 1 nitrogen and oxygen atoms in total. The summed E-state index contributed by atoms with van der Waals surface area (Å²) in [5, 5.41) is 6.54. The van der Waals surface area contributed by atoms with Crippen LogP contribution >= 0.6 is 0 Å². The van der Waals surface area contributed by atoms with Crippen molar-refractivity contribution in [3.05, 3.63) is 59.9 Å². The summed E-state index contributed by atoms with van der Waals surface area (Å²) in [6, 6.07) is 14.9. The number of aryl methyl sites for hydroxylation is 2. The van der Waals surface area contributed by atoms with Gasteiger partial charge < -0.3 is 4.42 Å². The van der Waals surface area contributed by atoms with Crippen LogP contribution in [0.4, 0.5) is 0 Å². The highest BCUT2D eigenvalue weighted by Crippen LogP contribution is 2.36. The summed E-state index contributed by atoms with van der Waals surface area (Å²) in [6.45, 7) is 4.41. The summed E-state index contributed by atoms with van der Waals surface area (Å²) in [4.78, 5) is 0. The summed E-state index contributed by atoms with van der Waals surface area (Å²) in [5.41, 5.74) is 3.65. The van der Waals surface area contributed by atoms with Crippen molar-refractivity contribution < 1.29 is 4.42 Å². The molecule has 4 aromatic rings. The second-order valence-electron chi connectivity index (χ2n) is 5.12. The van der Waals surface area contributed by atoms with E-state index in [-0.39, 0.29) is 0 Å². The number of benzene rings is 3. The van der Waals surface area contributed by atoms with Crippen molar-refractivity contribution >= 4 is 32.5 Å². The van der Waals surface area contributed by atoms with E-state index in [1.165, 1.54) is 38.1 Å². The minimum Gasteiger partial charge on any atom is -0.464 e. The van der Waals surface area contributed by atoms with Crippen LogP contribution in [0.2, 0.25) is 0 Å². The fourth-order valence-corrected chi connectivity index (χ4v) is 3.18. The highest BCUT2D eigenvalue weighted by molar-refractivity contribution is 6.15. The van der Waals surface area contributed by atoms with Gasteiger partial charge in [-0.05, 0) is 58.7 Å². The van der Waals surface area contributed by atoms with E-state index in [2.05, 4.69) is 56.3 Å². The molecule has 0 aliphatic carbocycles. The molecule has 1 heteroatoms. The Morgan fingerprint density at radius 3 is 2.21 bits per heavy atom. The zero-order valence-electron chi connectivity index (χ0n) is 11.0. The smallest absolute Gasteiger partial charge is 0.134 e. The summed E-state index contributed by atoms with van der Waals surface area (Å²) in [6.07, 6.45) is 1.77. The molecule has 0 unspecified atom stereocenters. The molecule has 0 aliphatic rings. The van der Waals surface area contributed by atoms with E-state index in [0.29, 0.717) is 0 Å². The average molecular weight is 246 g/mol. The fraction of sp³-hybridized carbons (Fsp3) is 0.111. The van der Waals surface area contributed by atoms with E-state index in [0.717, 1.165) is 5.58 Å². The molecule has 0 saturated heterocycles. The Morgan fingerprint density at radius 2 is 1.42 bits per heavy atom. The lowest BCUT2D eigenvalue weighted by atomic mass is 9.91. The van der Waals surface area contributed by atoms with E-state index >= 15 is 0 Å². The molecule has 0 N–H and O–H groups in total. The monoisotopic (exact) mass is 246 g/mol. The lowest BCUT2D eigenvalue weighted by molar-refractivity contribution is 0.616. The maximum absolute atomic E-state index is 5.53. The van der Waals surface area contributed by atoms with E-state index in [4.69, 9.17) is 4.42 Å². The summed E-state index contributed by atoms with van der Waals surface area (Å²) in [5.74, 6) is 0. The van der Waals surface area contributed by atoms with Gasteiger partial charge in [-0.1, -0.05) is 30.3 Å². The van der Waals surface area contributed by atoms with Gasteiger partial charge in [-0.3, -0.25) is 0 Å². The molecule has 3 aromatic carbocycles. The van der Waals surface area contributed by atoms with Gasteiger partial charge >= 0.3 is 0 Å². The van der Waals surface area contributed by atoms with Crippen molar-refractivity contribution in [1.29, 1.82) is 0 Å². The molecular weight excluding hydrogens is 232 g/mol. The van der Waals surface area contributed by atoms with Gasteiger partial charge in [0, 0.05) is 5.39 Å². The molecule has 0 spiro atoms. The Morgan fingerprint density at radius 1 is 0.684 bits per heavy atom. The average Bonchev–Trinajstić information content (AvgIpc) is 2.92. The van der Waals surface area contributed by atoms with Crippen molar-refractivity contribution in [3.8, 4) is 0 Å². The van der Waals surface area contributed by atoms with Crippen LogP contribution in [0.1, 0.15) is 11.1 Å². The predicted octanol–water partition coefficient (Wildman–Crippen LogP) is 5.36. The molecule has 1 aromatic heterocycles. The molecule has 4 rings (SSSR count). The van der Waals surface area contributed by atoms with Gasteiger partial charge in [-0.15, -0.1) is 0 Å². The van der Waals surface area contributed by atoms with Gasteiger partial charge in [0.25, 0.3) is 0 Å². The zero-order chi connectivity index (χ0) is 13.0. The van der Waals surface area contributed by atoms with E-state index in [9.17, 15) is 0 Å². The molecular formula is C18H14O. The number of hydrogen-bond donors (Lipinski definition) is 0. The molecule has 0 saturated carbocycles. The van der Waals surface area contributed by atoms with Crippen molar-refractivity contribution in [2.75, 3.05) is 0 Å². The van der Waals surface area contributed by atoms with Gasteiger partial charge in [0.2, 0.25) is 0 Å². The van der Waals surface area contributed by atoms with Gasteiger partial charge in [0.1, 0.15) is 5.58 Å². The first-order valence-electron chi connectivity index (χ1n) is 6.55. The van der Waals surface area contributed by atoms with Crippen LogP contribution in [0.3, 0.4) is 0 Å². The van der Waals surface area contributed by atoms with Crippen LogP contribution < -0.4 is 0 Å². The van der Waals surface area contributed by atoms with Crippen molar-refractivity contribution in [2.45, 2.75) is 13.8 Å². The van der Waals surface area contributed by atoms with Crippen LogP contribution in [0, 0.1) is 13.8 Å². The molecule has 0 aliphatic heterocycles. The Bertz CT molecular complexity index is 929. The van der Waals surface area contributed by atoms with Crippen molar-refractivity contribution in [3.63, 3.8) is 0 Å². The van der Waals surface area contributed by atoms with Crippen molar-refractivity contribution in [1.82, 2.24) is 0 Å². The van der Waals surface area contributed by atoms with E-state index < -0.39 is 0 Å². The first-order chi connectivity index (χ1) is 9.27. The lowest BCUT2D eigenvalue weighted by Gasteiger charge is -2.12. The van der Waals surface area contributed by atoms with Crippen molar-refractivity contribution in [2.24, 2.45) is 0 Å².